The Bertz CT molecular complexity index is 676. The molecule has 1 fully saturated rings. The maximum atomic E-state index is 12.9. The third-order valence-corrected chi connectivity index (χ3v) is 5.40. The van der Waals surface area contributed by atoms with Gasteiger partial charge in [0, 0.05) is 18.7 Å². The molecular weight excluding hydrogens is 334 g/mol. The van der Waals surface area contributed by atoms with Gasteiger partial charge in [0.2, 0.25) is 0 Å². The average Bonchev–Trinajstić information content (AvgIpc) is 2.57. The molecule has 144 valence electrons. The maximum absolute atomic E-state index is 12.9. The van der Waals surface area contributed by atoms with E-state index in [4.69, 9.17) is 0 Å². The number of aliphatic carboxylic acids is 1. The fourth-order valence-corrected chi connectivity index (χ4v) is 3.62. The van der Waals surface area contributed by atoms with Gasteiger partial charge in [-0.2, -0.15) is 0 Å². The minimum Gasteiger partial charge on any atom is -0.507 e. The van der Waals surface area contributed by atoms with Crippen LogP contribution in [-0.4, -0.2) is 51.3 Å². The topological polar surface area (TPSA) is 98.1 Å². The number of amides is 1. The molecule has 0 saturated carbocycles. The Hall–Kier alpha value is -2.08. The maximum Gasteiger partial charge on any atom is 0.314 e. The monoisotopic (exact) mass is 363 g/mol. The molecular formula is C20H29NO5. The standard InChI is InChI=1S/C20H29NO5/c1-12(2)5-7-20(19(25)26)11-21(8-6-16(20)22)18(24)15-9-13(3)17(23)14(4)10-15/h9-10,12,16,22-23H,5-8,11H2,1-4H3,(H,25,26)/t16-,20-/m1/s1. The molecule has 0 spiro atoms. The number of aryl methyl sites for hydroxylation is 2. The third kappa shape index (κ3) is 3.85. The van der Waals surface area contributed by atoms with E-state index >= 15 is 0 Å². The van der Waals surface area contributed by atoms with Crippen molar-refractivity contribution in [2.24, 2.45) is 11.3 Å². The number of carboxylic acid groups (broad SMARTS) is 1. The zero-order chi connectivity index (χ0) is 19.6. The van der Waals surface area contributed by atoms with E-state index in [1.54, 1.807) is 26.0 Å². The number of aliphatic hydroxyl groups is 1. The van der Waals surface area contributed by atoms with Crippen molar-refractivity contribution < 1.29 is 24.9 Å². The Kier molecular flexibility index (Phi) is 5.96. The van der Waals surface area contributed by atoms with Crippen molar-refractivity contribution >= 4 is 11.9 Å². The zero-order valence-corrected chi connectivity index (χ0v) is 16.0. The summed E-state index contributed by atoms with van der Waals surface area (Å²) in [5.41, 5.74) is 0.306. The minimum absolute atomic E-state index is 0.00593. The molecule has 0 aromatic heterocycles. The Labute approximate surface area is 154 Å². The Morgan fingerprint density at radius 2 is 1.85 bits per heavy atom. The first-order chi connectivity index (χ1) is 12.1. The fraction of sp³-hybridized carbons (Fsp3) is 0.600. The van der Waals surface area contributed by atoms with Gasteiger partial charge < -0.3 is 20.2 Å². The summed E-state index contributed by atoms with van der Waals surface area (Å²) in [5.74, 6) is -0.848. The van der Waals surface area contributed by atoms with Crippen molar-refractivity contribution in [2.45, 2.75) is 53.1 Å². The van der Waals surface area contributed by atoms with E-state index in [9.17, 15) is 24.9 Å². The summed E-state index contributed by atoms with van der Waals surface area (Å²) in [6, 6.07) is 3.23. The number of aromatic hydroxyl groups is 1. The van der Waals surface area contributed by atoms with Crippen LogP contribution in [0.1, 0.15) is 54.6 Å². The number of likely N-dealkylation sites (tertiary alicyclic amines) is 1. The van der Waals surface area contributed by atoms with Crippen molar-refractivity contribution in [2.75, 3.05) is 13.1 Å². The van der Waals surface area contributed by atoms with Gasteiger partial charge in [-0.1, -0.05) is 13.8 Å². The van der Waals surface area contributed by atoms with Crippen LogP contribution in [0.3, 0.4) is 0 Å². The molecule has 0 radical (unpaired) electrons. The molecule has 1 saturated heterocycles. The first-order valence-corrected chi connectivity index (χ1v) is 9.09. The lowest BCUT2D eigenvalue weighted by molar-refractivity contribution is -0.163. The molecule has 1 aliphatic heterocycles. The van der Waals surface area contributed by atoms with E-state index in [-0.39, 0.29) is 24.6 Å². The second-order valence-corrected chi connectivity index (χ2v) is 7.88. The lowest BCUT2D eigenvalue weighted by Crippen LogP contribution is -2.57. The van der Waals surface area contributed by atoms with Crippen LogP contribution in [-0.2, 0) is 4.79 Å². The Morgan fingerprint density at radius 1 is 1.27 bits per heavy atom. The molecule has 2 atom stereocenters. The number of piperidine rings is 1. The van der Waals surface area contributed by atoms with E-state index in [0.29, 0.717) is 42.0 Å². The number of benzene rings is 1. The summed E-state index contributed by atoms with van der Waals surface area (Å²) >= 11 is 0. The Morgan fingerprint density at radius 3 is 2.35 bits per heavy atom. The number of carbonyl (C=O) groups excluding carboxylic acids is 1. The van der Waals surface area contributed by atoms with E-state index < -0.39 is 17.5 Å². The van der Waals surface area contributed by atoms with Gasteiger partial charge >= 0.3 is 5.97 Å². The van der Waals surface area contributed by atoms with Gasteiger partial charge in [0.25, 0.3) is 5.91 Å². The van der Waals surface area contributed by atoms with Crippen molar-refractivity contribution in [3.8, 4) is 5.75 Å². The highest BCUT2D eigenvalue weighted by molar-refractivity contribution is 5.95. The molecule has 3 N–H and O–H groups in total. The number of hydrogen-bond donors (Lipinski definition) is 3. The number of rotatable bonds is 5. The number of carboxylic acids is 1. The molecule has 1 heterocycles. The number of nitrogens with zero attached hydrogens (tertiary/aromatic N) is 1. The molecule has 6 nitrogen and oxygen atoms in total. The van der Waals surface area contributed by atoms with Gasteiger partial charge in [-0.15, -0.1) is 0 Å². The van der Waals surface area contributed by atoms with Crippen molar-refractivity contribution in [1.82, 2.24) is 4.90 Å². The largest absolute Gasteiger partial charge is 0.507 e. The lowest BCUT2D eigenvalue weighted by Gasteiger charge is -2.43. The fourth-order valence-electron chi connectivity index (χ4n) is 3.62. The highest BCUT2D eigenvalue weighted by Gasteiger charge is 2.49. The molecule has 1 amide bonds. The summed E-state index contributed by atoms with van der Waals surface area (Å²) in [6.07, 6.45) is 0.277. The van der Waals surface area contributed by atoms with Crippen LogP contribution < -0.4 is 0 Å². The predicted molar refractivity (Wildman–Crippen MR) is 98.2 cm³/mol. The van der Waals surface area contributed by atoms with Crippen molar-refractivity contribution in [1.29, 1.82) is 0 Å². The van der Waals surface area contributed by atoms with Gasteiger partial charge in [-0.25, -0.2) is 0 Å². The van der Waals surface area contributed by atoms with E-state index in [1.807, 2.05) is 13.8 Å². The molecule has 0 unspecified atom stereocenters. The van der Waals surface area contributed by atoms with E-state index in [0.717, 1.165) is 0 Å². The van der Waals surface area contributed by atoms with E-state index in [2.05, 4.69) is 0 Å². The third-order valence-electron chi connectivity index (χ3n) is 5.40. The van der Waals surface area contributed by atoms with Gasteiger partial charge in [-0.3, -0.25) is 9.59 Å². The molecule has 1 aromatic carbocycles. The molecule has 6 heteroatoms. The van der Waals surface area contributed by atoms with Crippen LogP contribution in [0.2, 0.25) is 0 Å². The summed E-state index contributed by atoms with van der Waals surface area (Å²) in [4.78, 5) is 26.5. The van der Waals surface area contributed by atoms with Crippen LogP contribution in [0, 0.1) is 25.2 Å². The molecule has 0 aliphatic carbocycles. The molecule has 2 rings (SSSR count). The van der Waals surface area contributed by atoms with Crippen LogP contribution in [0.5, 0.6) is 5.75 Å². The van der Waals surface area contributed by atoms with Crippen LogP contribution in [0.15, 0.2) is 12.1 Å². The van der Waals surface area contributed by atoms with Gasteiger partial charge in [0.15, 0.2) is 0 Å². The van der Waals surface area contributed by atoms with Crippen LogP contribution >= 0.6 is 0 Å². The number of carbonyl (C=O) groups is 2. The molecule has 0 bridgehead atoms. The molecule has 1 aromatic rings. The van der Waals surface area contributed by atoms with Gasteiger partial charge in [0.05, 0.1) is 6.10 Å². The summed E-state index contributed by atoms with van der Waals surface area (Å²) < 4.78 is 0. The minimum atomic E-state index is -1.33. The SMILES string of the molecule is Cc1cc(C(=O)N2CC[C@@H](O)[C@](CCC(C)C)(C(=O)O)C2)cc(C)c1O. The average molecular weight is 363 g/mol. The zero-order valence-electron chi connectivity index (χ0n) is 16.0. The molecule has 1 aliphatic rings. The highest BCUT2D eigenvalue weighted by atomic mass is 16.4. The summed E-state index contributed by atoms with van der Waals surface area (Å²) in [7, 11) is 0. The van der Waals surface area contributed by atoms with E-state index in [1.165, 1.54) is 4.90 Å². The van der Waals surface area contributed by atoms with Crippen molar-refractivity contribution in [3.05, 3.63) is 28.8 Å². The number of phenolic OH excluding ortho intramolecular Hbond substituents is 1. The highest BCUT2D eigenvalue weighted by Crippen LogP contribution is 2.37. The van der Waals surface area contributed by atoms with Gasteiger partial charge in [0.1, 0.15) is 11.2 Å². The lowest BCUT2D eigenvalue weighted by atomic mass is 9.72. The van der Waals surface area contributed by atoms with Crippen LogP contribution in [0.25, 0.3) is 0 Å². The normalized spacial score (nSPS) is 23.3. The number of phenols is 1. The Balaban J connectivity index is 2.30. The molecule has 26 heavy (non-hydrogen) atoms. The smallest absolute Gasteiger partial charge is 0.314 e. The first kappa shape index (κ1) is 20.2. The first-order valence-electron chi connectivity index (χ1n) is 9.09. The second kappa shape index (κ2) is 7.66. The predicted octanol–water partition coefficient (Wildman–Crippen LogP) is 2.72. The van der Waals surface area contributed by atoms with Crippen molar-refractivity contribution in [3.63, 3.8) is 0 Å². The van der Waals surface area contributed by atoms with Crippen LogP contribution in [0.4, 0.5) is 0 Å². The summed E-state index contributed by atoms with van der Waals surface area (Å²) in [6.45, 7) is 7.78. The summed E-state index contributed by atoms with van der Waals surface area (Å²) in [5, 5.41) is 30.2. The number of aliphatic hydroxyl groups excluding tert-OH is 1. The number of hydrogen-bond acceptors (Lipinski definition) is 4. The van der Waals surface area contributed by atoms with Gasteiger partial charge in [-0.05, 0) is 62.3 Å². The quantitative estimate of drug-likeness (QED) is 0.747. The second-order valence-electron chi connectivity index (χ2n) is 7.88.